The summed E-state index contributed by atoms with van der Waals surface area (Å²) in [5.74, 6) is -1.48. The van der Waals surface area contributed by atoms with Gasteiger partial charge in [0, 0.05) is 11.1 Å². The van der Waals surface area contributed by atoms with Crippen molar-refractivity contribution >= 4 is 59.7 Å². The summed E-state index contributed by atoms with van der Waals surface area (Å²) in [6.07, 6.45) is 0. The number of rotatable bonds is 9. The number of aryl methyl sites for hydroxylation is 2. The summed E-state index contributed by atoms with van der Waals surface area (Å²) in [4.78, 5) is 10.7. The first kappa shape index (κ1) is 42.6. The van der Waals surface area contributed by atoms with Crippen LogP contribution < -0.4 is 64.4 Å². The molecule has 0 saturated carbocycles. The van der Waals surface area contributed by atoms with E-state index in [1.54, 1.807) is 60.7 Å². The second kappa shape index (κ2) is 17.3. The number of amides is 1. The minimum Gasteiger partial charge on any atom is -0.744 e. The van der Waals surface area contributed by atoms with E-state index in [-0.39, 0.29) is 76.0 Å². The minimum absolute atomic E-state index is 0. The number of hydrogen-bond acceptors (Lipinski definition) is 13. The molecule has 52 heavy (non-hydrogen) atoms. The van der Waals surface area contributed by atoms with E-state index in [0.717, 1.165) is 40.5 Å². The first-order valence-corrected chi connectivity index (χ1v) is 17.4. The maximum absolute atomic E-state index is 12.7. The number of carbonyl (C=O) groups excluding carboxylic acids is 1. The van der Waals surface area contributed by atoms with Crippen molar-refractivity contribution in [2.45, 2.75) is 30.6 Å². The van der Waals surface area contributed by atoms with Crippen molar-refractivity contribution in [3.63, 3.8) is 0 Å². The molecule has 0 aromatic heterocycles. The van der Waals surface area contributed by atoms with Gasteiger partial charge in [-0.15, -0.1) is 10.2 Å². The summed E-state index contributed by atoms with van der Waals surface area (Å²) < 4.78 is 71.0. The summed E-state index contributed by atoms with van der Waals surface area (Å²) in [5.41, 5.74) is 3.80. The fourth-order valence-electron chi connectivity index (χ4n) is 5.05. The van der Waals surface area contributed by atoms with Crippen LogP contribution in [-0.4, -0.2) is 42.1 Å². The molecule has 0 bridgehead atoms. The number of aliphatic hydroxyl groups excluding tert-OH is 1. The van der Waals surface area contributed by atoms with Crippen molar-refractivity contribution in [1.29, 1.82) is 0 Å². The number of nitrogens with one attached hydrogen (secondary N) is 1. The number of allylic oxidation sites excluding steroid dienone is 1. The molecular formula is C34H27N5Na2O9S2. The van der Waals surface area contributed by atoms with Gasteiger partial charge in [-0.2, -0.15) is 10.2 Å². The van der Waals surface area contributed by atoms with Crippen LogP contribution in [0.5, 0.6) is 5.75 Å². The van der Waals surface area contributed by atoms with Crippen LogP contribution in [0.3, 0.4) is 0 Å². The molecule has 0 spiro atoms. The summed E-state index contributed by atoms with van der Waals surface area (Å²) in [6.45, 7) is 5.00. The largest absolute Gasteiger partial charge is 1.00 e. The van der Waals surface area contributed by atoms with Gasteiger partial charge in [0.05, 0.1) is 21.2 Å². The number of benzene rings is 5. The molecule has 0 aliphatic heterocycles. The SMILES string of the molecule is C/C(O)=C(\N=Nc1ccc(-c2ccc(N=Nc3c(O)ccc4cc(S(=O)(=O)[O-])cc(S(=O)(=O)[O-])c34)cc2C)c(C)c1)C(=O)Nc1ccccc1.[Na+].[Na+]. The van der Waals surface area contributed by atoms with E-state index < -0.39 is 52.8 Å². The Morgan fingerprint density at radius 1 is 0.731 bits per heavy atom. The predicted molar refractivity (Wildman–Crippen MR) is 182 cm³/mol. The Hall–Kier alpha value is -3.81. The van der Waals surface area contributed by atoms with Gasteiger partial charge >= 0.3 is 59.1 Å². The van der Waals surface area contributed by atoms with E-state index in [4.69, 9.17) is 0 Å². The second-order valence-corrected chi connectivity index (χ2v) is 13.7. The van der Waals surface area contributed by atoms with Crippen LogP contribution in [0.4, 0.5) is 22.7 Å². The van der Waals surface area contributed by atoms with Gasteiger partial charge in [-0.25, -0.2) is 16.8 Å². The third-order valence-electron chi connectivity index (χ3n) is 7.39. The van der Waals surface area contributed by atoms with Crippen LogP contribution >= 0.6 is 0 Å². The summed E-state index contributed by atoms with van der Waals surface area (Å²) in [7, 11) is -10.4. The molecule has 5 aromatic rings. The molecule has 0 heterocycles. The third-order valence-corrected chi connectivity index (χ3v) is 9.07. The zero-order valence-electron chi connectivity index (χ0n) is 28.5. The second-order valence-electron chi connectivity index (χ2n) is 11.0. The topological polar surface area (TPSA) is 233 Å². The van der Waals surface area contributed by atoms with Crippen LogP contribution in [0.2, 0.25) is 0 Å². The number of aliphatic hydroxyl groups is 1. The van der Waals surface area contributed by atoms with Crippen LogP contribution in [0.15, 0.2) is 133 Å². The quantitative estimate of drug-likeness (QED) is 0.0650. The van der Waals surface area contributed by atoms with Crippen LogP contribution in [0.25, 0.3) is 21.9 Å². The van der Waals surface area contributed by atoms with Gasteiger partial charge in [0.1, 0.15) is 37.4 Å². The van der Waals surface area contributed by atoms with Crippen molar-refractivity contribution in [1.82, 2.24) is 0 Å². The maximum Gasteiger partial charge on any atom is 1.00 e. The molecule has 3 N–H and O–H groups in total. The van der Waals surface area contributed by atoms with Gasteiger partial charge in [0.15, 0.2) is 5.70 Å². The average Bonchev–Trinajstić information content (AvgIpc) is 3.04. The first-order valence-electron chi connectivity index (χ1n) is 14.6. The van der Waals surface area contributed by atoms with Gasteiger partial charge in [0.2, 0.25) is 0 Å². The zero-order chi connectivity index (χ0) is 36.4. The molecule has 0 aliphatic carbocycles. The standard InChI is InChI=1S/C34H29N5O9S2.2Na/c1-19-15-24(36-38-32(21(3)40)34(42)35-23-7-5-4-6-8-23)10-12-27(19)28-13-11-25(16-20(28)2)37-39-33-29(41)14-9-22-17-26(49(43,44)45)18-30(31(22)33)50(46,47)48;;/h4-18,40-41H,1-3H3,(H,35,42)(H,43,44,45)(H,46,47,48);;/q;2*+1/p-2/b32-21+,38-36?,39-37?;;. The Morgan fingerprint density at radius 3 is 1.83 bits per heavy atom. The molecule has 5 rings (SSSR count). The monoisotopic (exact) mass is 759 g/mol. The Kier molecular flexibility index (Phi) is 14.2. The molecule has 0 saturated heterocycles. The predicted octanol–water partition coefficient (Wildman–Crippen LogP) is 1.57. The number of anilines is 1. The van der Waals surface area contributed by atoms with Crippen LogP contribution in [0.1, 0.15) is 18.1 Å². The average molecular weight is 760 g/mol. The number of hydrogen-bond donors (Lipinski definition) is 3. The van der Waals surface area contributed by atoms with E-state index in [1.165, 1.54) is 6.92 Å². The molecule has 5 aromatic carbocycles. The van der Waals surface area contributed by atoms with Crippen molar-refractivity contribution in [3.05, 3.63) is 114 Å². The van der Waals surface area contributed by atoms with E-state index in [0.29, 0.717) is 23.1 Å². The molecule has 1 amide bonds. The first-order chi connectivity index (χ1) is 23.5. The number of phenols is 1. The molecule has 0 fully saturated rings. The Balaban J connectivity index is 0.00000364. The van der Waals surface area contributed by atoms with Gasteiger partial charge < -0.3 is 24.6 Å². The van der Waals surface area contributed by atoms with Crippen molar-refractivity contribution in [2.75, 3.05) is 5.32 Å². The maximum atomic E-state index is 12.7. The van der Waals surface area contributed by atoms with Gasteiger partial charge in [-0.1, -0.05) is 36.4 Å². The van der Waals surface area contributed by atoms with Crippen LogP contribution in [0, 0.1) is 13.8 Å². The molecule has 256 valence electrons. The molecule has 0 atom stereocenters. The van der Waals surface area contributed by atoms with E-state index in [1.807, 2.05) is 19.9 Å². The van der Waals surface area contributed by atoms with Crippen molar-refractivity contribution in [3.8, 4) is 16.9 Å². The van der Waals surface area contributed by atoms with E-state index in [9.17, 15) is 40.9 Å². The Bertz CT molecular complexity index is 2490. The molecular weight excluding hydrogens is 733 g/mol. The van der Waals surface area contributed by atoms with Crippen molar-refractivity contribution in [2.24, 2.45) is 20.5 Å². The summed E-state index contributed by atoms with van der Waals surface area (Å²) in [6, 6.07) is 22.5. The molecule has 18 heteroatoms. The van der Waals surface area contributed by atoms with Gasteiger partial charge in [-0.3, -0.25) is 4.79 Å². The number of aromatic hydroxyl groups is 1. The number of fused-ring (bicyclic) bond motifs is 1. The summed E-state index contributed by atoms with van der Waals surface area (Å²) in [5, 5.41) is 38.9. The Labute approximate surface area is 343 Å². The number of para-hydroxylation sites is 1. The number of nitrogens with zero attached hydrogens (tertiary/aromatic N) is 4. The van der Waals surface area contributed by atoms with E-state index >= 15 is 0 Å². The number of azo groups is 2. The Morgan fingerprint density at radius 2 is 1.31 bits per heavy atom. The molecule has 0 aliphatic rings. The fraction of sp³-hybridized carbons (Fsp3) is 0.0882. The van der Waals surface area contributed by atoms with Crippen LogP contribution in [-0.2, 0) is 25.0 Å². The van der Waals surface area contributed by atoms with E-state index in [2.05, 4.69) is 25.8 Å². The smallest absolute Gasteiger partial charge is 0.744 e. The van der Waals surface area contributed by atoms with Crippen molar-refractivity contribution < 1.29 is 100 Å². The normalized spacial score (nSPS) is 12.3. The van der Waals surface area contributed by atoms with Gasteiger partial charge in [0.25, 0.3) is 5.91 Å². The fourth-order valence-corrected chi connectivity index (χ4v) is 6.39. The number of phenolic OH excluding ortho intramolecular Hbond substituents is 1. The van der Waals surface area contributed by atoms with Gasteiger partial charge in [-0.05, 0) is 103 Å². The zero-order valence-corrected chi connectivity index (χ0v) is 34.2. The number of carbonyl (C=O) groups is 1. The molecule has 0 unspecified atom stereocenters. The third kappa shape index (κ3) is 9.99. The molecule has 14 nitrogen and oxygen atoms in total. The molecule has 0 radical (unpaired) electrons. The minimum atomic E-state index is -5.32. The summed E-state index contributed by atoms with van der Waals surface area (Å²) >= 11 is 0.